The van der Waals surface area contributed by atoms with Crippen LogP contribution in [0.5, 0.6) is 0 Å². The van der Waals surface area contributed by atoms with Crippen molar-refractivity contribution in [3.63, 3.8) is 0 Å². The SMILES string of the molecule is CCC1(N)CN(C(=O)c2c(F)cc(F)cc2F)C1. The lowest BCUT2D eigenvalue weighted by Gasteiger charge is -2.47. The van der Waals surface area contributed by atoms with Gasteiger partial charge in [0.15, 0.2) is 0 Å². The van der Waals surface area contributed by atoms with E-state index in [2.05, 4.69) is 0 Å². The molecule has 3 nitrogen and oxygen atoms in total. The van der Waals surface area contributed by atoms with Crippen LogP contribution in [0.25, 0.3) is 0 Å². The van der Waals surface area contributed by atoms with Crippen molar-refractivity contribution in [2.45, 2.75) is 18.9 Å². The highest BCUT2D eigenvalue weighted by molar-refractivity contribution is 5.95. The van der Waals surface area contributed by atoms with E-state index in [1.54, 1.807) is 0 Å². The van der Waals surface area contributed by atoms with E-state index in [0.717, 1.165) is 0 Å². The fourth-order valence-corrected chi connectivity index (χ4v) is 1.99. The molecule has 0 radical (unpaired) electrons. The summed E-state index contributed by atoms with van der Waals surface area (Å²) in [6.45, 7) is 2.37. The summed E-state index contributed by atoms with van der Waals surface area (Å²) in [7, 11) is 0. The predicted molar refractivity (Wildman–Crippen MR) is 59.4 cm³/mol. The predicted octanol–water partition coefficient (Wildman–Crippen LogP) is 1.67. The summed E-state index contributed by atoms with van der Waals surface area (Å²) in [4.78, 5) is 13.1. The van der Waals surface area contributed by atoms with Gasteiger partial charge in [0.25, 0.3) is 5.91 Å². The van der Waals surface area contributed by atoms with Gasteiger partial charge in [-0.15, -0.1) is 0 Å². The molecule has 1 amide bonds. The molecule has 6 heteroatoms. The van der Waals surface area contributed by atoms with Gasteiger partial charge in [0, 0.05) is 25.2 Å². The van der Waals surface area contributed by atoms with Gasteiger partial charge in [0.1, 0.15) is 23.0 Å². The van der Waals surface area contributed by atoms with E-state index in [0.29, 0.717) is 18.6 Å². The molecule has 0 bridgehead atoms. The van der Waals surface area contributed by atoms with Gasteiger partial charge in [-0.1, -0.05) is 6.92 Å². The van der Waals surface area contributed by atoms with Gasteiger partial charge >= 0.3 is 0 Å². The number of halogens is 3. The third-order valence-corrected chi connectivity index (χ3v) is 3.22. The highest BCUT2D eigenvalue weighted by Crippen LogP contribution is 2.25. The van der Waals surface area contributed by atoms with E-state index in [1.165, 1.54) is 4.90 Å². The van der Waals surface area contributed by atoms with Gasteiger partial charge in [-0.3, -0.25) is 4.79 Å². The first-order valence-corrected chi connectivity index (χ1v) is 5.59. The van der Waals surface area contributed by atoms with Crippen LogP contribution < -0.4 is 5.73 Å². The molecule has 1 aromatic rings. The van der Waals surface area contributed by atoms with Gasteiger partial charge in [-0.2, -0.15) is 0 Å². The van der Waals surface area contributed by atoms with Crippen LogP contribution in [0, 0.1) is 17.5 Å². The average Bonchev–Trinajstić information content (AvgIpc) is 2.23. The number of nitrogens with zero attached hydrogens (tertiary/aromatic N) is 1. The zero-order valence-electron chi connectivity index (χ0n) is 9.84. The molecular formula is C12H13F3N2O. The average molecular weight is 258 g/mol. The molecule has 0 unspecified atom stereocenters. The summed E-state index contributed by atoms with van der Waals surface area (Å²) in [6.07, 6.45) is 0.672. The van der Waals surface area contributed by atoms with Crippen molar-refractivity contribution in [3.8, 4) is 0 Å². The standard InChI is InChI=1S/C12H13F3N2O/c1-2-12(16)5-17(6-12)11(18)10-8(14)3-7(13)4-9(10)15/h3-4H,2,5-6,16H2,1H3. The second kappa shape index (κ2) is 4.28. The zero-order chi connectivity index (χ0) is 13.5. The summed E-state index contributed by atoms with van der Waals surface area (Å²) in [6, 6.07) is 0.983. The van der Waals surface area contributed by atoms with Crippen LogP contribution in [0.15, 0.2) is 12.1 Å². The number of nitrogens with two attached hydrogens (primary N) is 1. The van der Waals surface area contributed by atoms with E-state index in [9.17, 15) is 18.0 Å². The lowest BCUT2D eigenvalue weighted by Crippen LogP contribution is -2.68. The van der Waals surface area contributed by atoms with Gasteiger partial charge < -0.3 is 10.6 Å². The van der Waals surface area contributed by atoms with Crippen LogP contribution in [-0.2, 0) is 0 Å². The second-order valence-corrected chi connectivity index (χ2v) is 4.62. The maximum Gasteiger partial charge on any atom is 0.259 e. The summed E-state index contributed by atoms with van der Waals surface area (Å²) >= 11 is 0. The Balaban J connectivity index is 2.21. The molecule has 98 valence electrons. The summed E-state index contributed by atoms with van der Waals surface area (Å²) in [5, 5.41) is 0. The Bertz CT molecular complexity index is 475. The van der Waals surface area contributed by atoms with Crippen molar-refractivity contribution >= 4 is 5.91 Å². The number of rotatable bonds is 2. The van der Waals surface area contributed by atoms with Gasteiger partial charge in [0.05, 0.1) is 5.54 Å². The highest BCUT2D eigenvalue weighted by atomic mass is 19.1. The summed E-state index contributed by atoms with van der Waals surface area (Å²) in [5.74, 6) is -4.22. The lowest BCUT2D eigenvalue weighted by molar-refractivity contribution is 0.0392. The molecule has 1 aliphatic heterocycles. The van der Waals surface area contributed by atoms with E-state index < -0.39 is 34.5 Å². The fraction of sp³-hybridized carbons (Fsp3) is 0.417. The van der Waals surface area contributed by atoms with Crippen LogP contribution in [0.2, 0.25) is 0 Å². The number of hydrogen-bond acceptors (Lipinski definition) is 2. The quantitative estimate of drug-likeness (QED) is 0.877. The van der Waals surface area contributed by atoms with Crippen molar-refractivity contribution < 1.29 is 18.0 Å². The molecule has 18 heavy (non-hydrogen) atoms. The normalized spacial score (nSPS) is 17.5. The topological polar surface area (TPSA) is 46.3 Å². The first-order valence-electron chi connectivity index (χ1n) is 5.59. The maximum atomic E-state index is 13.4. The molecule has 0 saturated carbocycles. The van der Waals surface area contributed by atoms with Crippen molar-refractivity contribution in [3.05, 3.63) is 35.1 Å². The maximum absolute atomic E-state index is 13.4. The molecule has 0 aliphatic carbocycles. The molecule has 1 aromatic carbocycles. The number of benzene rings is 1. The Kier molecular flexibility index (Phi) is 3.06. The van der Waals surface area contributed by atoms with Crippen LogP contribution in [-0.4, -0.2) is 29.4 Å². The van der Waals surface area contributed by atoms with E-state index in [-0.39, 0.29) is 13.1 Å². The monoisotopic (exact) mass is 258 g/mol. The first kappa shape index (κ1) is 12.9. The molecule has 0 atom stereocenters. The van der Waals surface area contributed by atoms with Crippen LogP contribution >= 0.6 is 0 Å². The molecule has 1 aliphatic rings. The van der Waals surface area contributed by atoms with Gasteiger partial charge in [-0.25, -0.2) is 13.2 Å². The van der Waals surface area contributed by atoms with Crippen LogP contribution in [0.3, 0.4) is 0 Å². The van der Waals surface area contributed by atoms with Crippen LogP contribution in [0.4, 0.5) is 13.2 Å². The molecule has 1 saturated heterocycles. The van der Waals surface area contributed by atoms with Crippen molar-refractivity contribution in [1.82, 2.24) is 4.90 Å². The molecule has 1 fully saturated rings. The number of carbonyl (C=O) groups is 1. The van der Waals surface area contributed by atoms with Crippen LogP contribution in [0.1, 0.15) is 23.7 Å². The zero-order valence-corrected chi connectivity index (χ0v) is 9.84. The van der Waals surface area contributed by atoms with E-state index in [4.69, 9.17) is 5.73 Å². The minimum atomic E-state index is -1.19. The molecule has 0 aromatic heterocycles. The molecule has 1 heterocycles. The number of likely N-dealkylation sites (tertiary alicyclic amines) is 1. The van der Waals surface area contributed by atoms with Crippen molar-refractivity contribution in [2.75, 3.05) is 13.1 Å². The van der Waals surface area contributed by atoms with Crippen molar-refractivity contribution in [1.29, 1.82) is 0 Å². The smallest absolute Gasteiger partial charge is 0.259 e. The molecule has 2 rings (SSSR count). The Morgan fingerprint density at radius 3 is 2.28 bits per heavy atom. The number of carbonyl (C=O) groups excluding carboxylic acids is 1. The lowest BCUT2D eigenvalue weighted by atomic mass is 9.87. The highest BCUT2D eigenvalue weighted by Gasteiger charge is 2.41. The molecule has 0 spiro atoms. The minimum absolute atomic E-state index is 0.249. The number of hydrogen-bond donors (Lipinski definition) is 1. The largest absolute Gasteiger partial charge is 0.335 e. The van der Waals surface area contributed by atoms with Crippen molar-refractivity contribution in [2.24, 2.45) is 5.73 Å². The minimum Gasteiger partial charge on any atom is -0.335 e. The summed E-state index contributed by atoms with van der Waals surface area (Å²) < 4.78 is 39.5. The number of amides is 1. The van der Waals surface area contributed by atoms with E-state index >= 15 is 0 Å². The Hall–Kier alpha value is -1.56. The second-order valence-electron chi connectivity index (χ2n) is 4.62. The first-order chi connectivity index (χ1) is 8.36. The Labute approximate surface area is 102 Å². The Morgan fingerprint density at radius 2 is 1.83 bits per heavy atom. The third-order valence-electron chi connectivity index (χ3n) is 3.22. The Morgan fingerprint density at radius 1 is 1.33 bits per heavy atom. The molecular weight excluding hydrogens is 245 g/mol. The van der Waals surface area contributed by atoms with Gasteiger partial charge in [-0.05, 0) is 6.42 Å². The fourth-order valence-electron chi connectivity index (χ4n) is 1.99. The third kappa shape index (κ3) is 2.08. The summed E-state index contributed by atoms with van der Waals surface area (Å²) in [5.41, 5.74) is 4.66. The van der Waals surface area contributed by atoms with E-state index in [1.807, 2.05) is 6.92 Å². The molecule has 2 N–H and O–H groups in total. The van der Waals surface area contributed by atoms with Gasteiger partial charge in [0.2, 0.25) is 0 Å².